The molecular formula is C11H17N3O3. The Bertz CT molecular complexity index is 425. The van der Waals surface area contributed by atoms with E-state index in [0.29, 0.717) is 17.9 Å². The second kappa shape index (κ2) is 5.38. The van der Waals surface area contributed by atoms with Crippen LogP contribution in [0, 0.1) is 12.8 Å². The SMILES string of the molecule is Cc1occc1C(=O)N(C)CC(C)C(N)=NO. The van der Waals surface area contributed by atoms with Gasteiger partial charge >= 0.3 is 0 Å². The minimum atomic E-state index is -0.207. The third-order valence-electron chi connectivity index (χ3n) is 2.60. The lowest BCUT2D eigenvalue weighted by Gasteiger charge is -2.20. The van der Waals surface area contributed by atoms with Gasteiger partial charge in [-0.25, -0.2) is 0 Å². The van der Waals surface area contributed by atoms with E-state index in [1.807, 2.05) is 0 Å². The average molecular weight is 239 g/mol. The number of oxime groups is 1. The molecule has 0 fully saturated rings. The average Bonchev–Trinajstić information content (AvgIpc) is 2.73. The molecule has 6 heteroatoms. The maximum atomic E-state index is 12.0. The Kier molecular flexibility index (Phi) is 4.14. The number of furan rings is 1. The van der Waals surface area contributed by atoms with Crippen LogP contribution in [-0.4, -0.2) is 35.4 Å². The molecule has 0 radical (unpaired) electrons. The number of hydrogen-bond donors (Lipinski definition) is 2. The molecule has 0 aliphatic heterocycles. The van der Waals surface area contributed by atoms with Crippen LogP contribution in [0.4, 0.5) is 0 Å². The molecule has 0 bridgehead atoms. The van der Waals surface area contributed by atoms with Crippen molar-refractivity contribution < 1.29 is 14.4 Å². The molecule has 0 saturated heterocycles. The second-order valence-electron chi connectivity index (χ2n) is 4.00. The van der Waals surface area contributed by atoms with Crippen molar-refractivity contribution in [3.63, 3.8) is 0 Å². The smallest absolute Gasteiger partial charge is 0.257 e. The van der Waals surface area contributed by atoms with Crippen molar-refractivity contribution in [2.45, 2.75) is 13.8 Å². The molecule has 0 aromatic carbocycles. The molecule has 17 heavy (non-hydrogen) atoms. The van der Waals surface area contributed by atoms with E-state index < -0.39 is 0 Å². The van der Waals surface area contributed by atoms with E-state index in [0.717, 1.165) is 0 Å². The maximum Gasteiger partial charge on any atom is 0.257 e. The van der Waals surface area contributed by atoms with E-state index in [1.54, 1.807) is 27.0 Å². The fraction of sp³-hybridized carbons (Fsp3) is 0.455. The summed E-state index contributed by atoms with van der Waals surface area (Å²) in [6.45, 7) is 3.88. The summed E-state index contributed by atoms with van der Waals surface area (Å²) in [5.74, 6) is 0.335. The zero-order valence-electron chi connectivity index (χ0n) is 10.2. The number of hydrogen-bond acceptors (Lipinski definition) is 4. The fourth-order valence-electron chi connectivity index (χ4n) is 1.50. The number of nitrogens with zero attached hydrogens (tertiary/aromatic N) is 2. The summed E-state index contributed by atoms with van der Waals surface area (Å²) in [5, 5.41) is 11.4. The fourth-order valence-corrected chi connectivity index (χ4v) is 1.50. The third kappa shape index (κ3) is 2.99. The topological polar surface area (TPSA) is 92.1 Å². The van der Waals surface area contributed by atoms with Crippen molar-refractivity contribution >= 4 is 11.7 Å². The number of amides is 1. The monoisotopic (exact) mass is 239 g/mol. The number of carbonyl (C=O) groups excluding carboxylic acids is 1. The van der Waals surface area contributed by atoms with Gasteiger partial charge in [0.2, 0.25) is 0 Å². The van der Waals surface area contributed by atoms with Crippen LogP contribution >= 0.6 is 0 Å². The minimum absolute atomic E-state index is 0.105. The van der Waals surface area contributed by atoms with E-state index in [-0.39, 0.29) is 17.7 Å². The second-order valence-corrected chi connectivity index (χ2v) is 4.00. The Morgan fingerprint density at radius 1 is 1.71 bits per heavy atom. The third-order valence-corrected chi connectivity index (χ3v) is 2.60. The van der Waals surface area contributed by atoms with Crippen molar-refractivity contribution in [3.8, 4) is 0 Å². The summed E-state index contributed by atoms with van der Waals surface area (Å²) in [7, 11) is 1.66. The molecule has 1 unspecified atom stereocenters. The molecule has 1 amide bonds. The van der Waals surface area contributed by atoms with Gasteiger partial charge in [-0.15, -0.1) is 0 Å². The molecule has 1 rings (SSSR count). The van der Waals surface area contributed by atoms with Gasteiger partial charge in [-0.2, -0.15) is 0 Å². The van der Waals surface area contributed by atoms with Crippen LogP contribution in [0.1, 0.15) is 23.0 Å². The first-order chi connectivity index (χ1) is 7.97. The van der Waals surface area contributed by atoms with Gasteiger partial charge in [-0.05, 0) is 13.0 Å². The highest BCUT2D eigenvalue weighted by Gasteiger charge is 2.19. The van der Waals surface area contributed by atoms with Gasteiger partial charge in [0.05, 0.1) is 11.8 Å². The van der Waals surface area contributed by atoms with E-state index in [1.165, 1.54) is 11.2 Å². The molecule has 1 aromatic heterocycles. The molecule has 3 N–H and O–H groups in total. The van der Waals surface area contributed by atoms with Crippen LogP contribution < -0.4 is 5.73 Å². The first-order valence-corrected chi connectivity index (χ1v) is 5.24. The van der Waals surface area contributed by atoms with Gasteiger partial charge in [-0.1, -0.05) is 12.1 Å². The molecular weight excluding hydrogens is 222 g/mol. The Balaban J connectivity index is 2.69. The largest absolute Gasteiger partial charge is 0.469 e. The standard InChI is InChI=1S/C11H17N3O3/c1-7(10(12)13-16)6-14(3)11(15)9-4-5-17-8(9)2/h4-5,7,16H,6H2,1-3H3,(H2,12,13). The number of rotatable bonds is 4. The highest BCUT2D eigenvalue weighted by Crippen LogP contribution is 2.12. The van der Waals surface area contributed by atoms with Crippen molar-refractivity contribution in [3.05, 3.63) is 23.7 Å². The highest BCUT2D eigenvalue weighted by atomic mass is 16.4. The van der Waals surface area contributed by atoms with Crippen molar-refractivity contribution in [1.29, 1.82) is 0 Å². The number of nitrogens with two attached hydrogens (primary N) is 1. The normalized spacial score (nSPS) is 13.5. The van der Waals surface area contributed by atoms with Gasteiger partial charge in [0.15, 0.2) is 0 Å². The number of amidine groups is 1. The Morgan fingerprint density at radius 2 is 2.35 bits per heavy atom. The molecule has 0 spiro atoms. The van der Waals surface area contributed by atoms with Crippen molar-refractivity contribution in [1.82, 2.24) is 4.90 Å². The lowest BCUT2D eigenvalue weighted by molar-refractivity contribution is 0.0784. The molecule has 94 valence electrons. The predicted molar refractivity (Wildman–Crippen MR) is 63.0 cm³/mol. The summed E-state index contributed by atoms with van der Waals surface area (Å²) in [6, 6.07) is 1.63. The summed E-state index contributed by atoms with van der Waals surface area (Å²) in [6.07, 6.45) is 1.48. The lowest BCUT2D eigenvalue weighted by atomic mass is 10.1. The zero-order valence-corrected chi connectivity index (χ0v) is 10.2. The van der Waals surface area contributed by atoms with E-state index in [4.69, 9.17) is 15.4 Å². The van der Waals surface area contributed by atoms with Crippen LogP contribution in [-0.2, 0) is 0 Å². The van der Waals surface area contributed by atoms with E-state index in [2.05, 4.69) is 5.16 Å². The van der Waals surface area contributed by atoms with Gasteiger partial charge in [-0.3, -0.25) is 4.79 Å². The van der Waals surface area contributed by atoms with Crippen LogP contribution in [0.15, 0.2) is 21.9 Å². The molecule has 0 aliphatic carbocycles. The van der Waals surface area contributed by atoms with Gasteiger partial charge < -0.3 is 20.3 Å². The Morgan fingerprint density at radius 3 is 2.82 bits per heavy atom. The van der Waals surface area contributed by atoms with Gasteiger partial charge in [0.1, 0.15) is 11.6 Å². The zero-order chi connectivity index (χ0) is 13.0. The molecule has 1 heterocycles. The van der Waals surface area contributed by atoms with Crippen molar-refractivity contribution in [2.75, 3.05) is 13.6 Å². The molecule has 1 atom stereocenters. The first-order valence-electron chi connectivity index (χ1n) is 5.24. The minimum Gasteiger partial charge on any atom is -0.469 e. The summed E-state index contributed by atoms with van der Waals surface area (Å²) < 4.78 is 5.07. The first kappa shape index (κ1) is 13.1. The number of carbonyl (C=O) groups is 1. The van der Waals surface area contributed by atoms with E-state index >= 15 is 0 Å². The van der Waals surface area contributed by atoms with Crippen LogP contribution in [0.5, 0.6) is 0 Å². The van der Waals surface area contributed by atoms with Crippen molar-refractivity contribution in [2.24, 2.45) is 16.8 Å². The molecule has 0 aliphatic rings. The summed E-state index contributed by atoms with van der Waals surface area (Å²) >= 11 is 0. The van der Waals surface area contributed by atoms with Crippen LogP contribution in [0.3, 0.4) is 0 Å². The van der Waals surface area contributed by atoms with Crippen LogP contribution in [0.2, 0.25) is 0 Å². The molecule has 0 saturated carbocycles. The summed E-state index contributed by atoms with van der Waals surface area (Å²) in [4.78, 5) is 13.5. The lowest BCUT2D eigenvalue weighted by Crippen LogP contribution is -2.36. The van der Waals surface area contributed by atoms with Crippen LogP contribution in [0.25, 0.3) is 0 Å². The molecule has 1 aromatic rings. The van der Waals surface area contributed by atoms with E-state index in [9.17, 15) is 4.79 Å². The summed E-state index contributed by atoms with van der Waals surface area (Å²) in [5.41, 5.74) is 5.98. The predicted octanol–water partition coefficient (Wildman–Crippen LogP) is 1.04. The maximum absolute atomic E-state index is 12.0. The Hall–Kier alpha value is -1.98. The van der Waals surface area contributed by atoms with Gasteiger partial charge in [0, 0.05) is 19.5 Å². The quantitative estimate of drug-likeness (QED) is 0.355. The highest BCUT2D eigenvalue weighted by molar-refractivity contribution is 5.95. The number of aryl methyl sites for hydroxylation is 1. The molecule has 6 nitrogen and oxygen atoms in total. The Labute approximate surface area is 99.7 Å². The van der Waals surface area contributed by atoms with Gasteiger partial charge in [0.25, 0.3) is 5.91 Å².